The number of nitrogens with zero attached hydrogens (tertiary/aromatic N) is 1. The van der Waals surface area contributed by atoms with Crippen LogP contribution in [0.3, 0.4) is 0 Å². The third-order valence-electron chi connectivity index (χ3n) is 6.61. The van der Waals surface area contributed by atoms with Gasteiger partial charge in [0, 0.05) is 18.1 Å². The van der Waals surface area contributed by atoms with Gasteiger partial charge in [-0.2, -0.15) is 0 Å². The Kier molecular flexibility index (Phi) is 5.58. The molecule has 2 aliphatic rings. The standard InChI is InChI=1S/C25H30N2O4/c1-26-13-21-22(28)23(29)24(30)25(31-21)27-14-18(19-4-2-3-5-20(19)27)12-15-6-8-16(9-7-15)17-10-11-17/h2-9,14,17,21-26,28-30H,10-13H2,1H3/t21-,22-,23+,24-,25-/m1/s1. The van der Waals surface area contributed by atoms with Crippen molar-refractivity contribution in [2.24, 2.45) is 0 Å². The van der Waals surface area contributed by atoms with E-state index in [1.165, 1.54) is 24.0 Å². The number of likely N-dealkylation sites (N-methyl/N-ethyl adjacent to an activating group) is 1. The van der Waals surface area contributed by atoms with E-state index in [0.29, 0.717) is 6.54 Å². The largest absolute Gasteiger partial charge is 0.388 e. The van der Waals surface area contributed by atoms with Gasteiger partial charge in [0.05, 0.1) is 5.52 Å². The van der Waals surface area contributed by atoms with Gasteiger partial charge in [-0.05, 0) is 55.0 Å². The number of rotatable bonds is 6. The number of nitrogens with one attached hydrogen (secondary N) is 1. The van der Waals surface area contributed by atoms with Crippen LogP contribution in [0.15, 0.2) is 54.7 Å². The van der Waals surface area contributed by atoms with Crippen LogP contribution in [0, 0.1) is 0 Å². The van der Waals surface area contributed by atoms with E-state index in [1.54, 1.807) is 7.05 Å². The van der Waals surface area contributed by atoms with Crippen LogP contribution in [0.1, 0.15) is 41.7 Å². The van der Waals surface area contributed by atoms with Gasteiger partial charge in [0.25, 0.3) is 0 Å². The number of hydrogen-bond acceptors (Lipinski definition) is 5. The van der Waals surface area contributed by atoms with Crippen LogP contribution in [-0.2, 0) is 11.2 Å². The molecule has 2 heterocycles. The second kappa shape index (κ2) is 8.37. The third kappa shape index (κ3) is 3.90. The molecule has 1 aromatic heterocycles. The van der Waals surface area contributed by atoms with Crippen molar-refractivity contribution in [2.45, 2.75) is 55.8 Å². The Bertz CT molecular complexity index is 1040. The van der Waals surface area contributed by atoms with Crippen molar-refractivity contribution >= 4 is 10.9 Å². The van der Waals surface area contributed by atoms with Crippen molar-refractivity contribution in [2.75, 3.05) is 13.6 Å². The van der Waals surface area contributed by atoms with E-state index in [9.17, 15) is 15.3 Å². The molecule has 0 radical (unpaired) electrons. The van der Waals surface area contributed by atoms with Crippen LogP contribution in [-0.4, -0.2) is 57.9 Å². The van der Waals surface area contributed by atoms with Gasteiger partial charge in [-0.1, -0.05) is 42.5 Å². The van der Waals surface area contributed by atoms with Crippen LogP contribution in [0.5, 0.6) is 0 Å². The first-order valence-electron chi connectivity index (χ1n) is 11.1. The molecule has 1 saturated carbocycles. The van der Waals surface area contributed by atoms with E-state index >= 15 is 0 Å². The molecule has 164 valence electrons. The zero-order chi connectivity index (χ0) is 21.5. The summed E-state index contributed by atoms with van der Waals surface area (Å²) in [5.74, 6) is 0.744. The molecule has 1 aliphatic heterocycles. The summed E-state index contributed by atoms with van der Waals surface area (Å²) < 4.78 is 7.96. The van der Waals surface area contributed by atoms with E-state index in [-0.39, 0.29) is 0 Å². The summed E-state index contributed by atoms with van der Waals surface area (Å²) in [6, 6.07) is 16.9. The predicted molar refractivity (Wildman–Crippen MR) is 119 cm³/mol. The SMILES string of the molecule is CNC[C@H]1O[C@@H](n2cc(Cc3ccc(C4CC4)cc3)c3ccccc32)[C@H](O)[C@@H](O)[C@@H]1O. The molecule has 5 atom stereocenters. The molecular formula is C25H30N2O4. The van der Waals surface area contributed by atoms with Gasteiger partial charge in [-0.15, -0.1) is 0 Å². The monoisotopic (exact) mass is 422 g/mol. The molecule has 0 amide bonds. The average Bonchev–Trinajstić information content (AvgIpc) is 3.58. The number of aliphatic hydroxyl groups excluding tert-OH is 3. The zero-order valence-corrected chi connectivity index (χ0v) is 17.7. The molecule has 4 N–H and O–H groups in total. The van der Waals surface area contributed by atoms with Crippen molar-refractivity contribution in [3.63, 3.8) is 0 Å². The van der Waals surface area contributed by atoms with E-state index in [0.717, 1.165) is 28.8 Å². The smallest absolute Gasteiger partial charge is 0.163 e. The number of para-hydroxylation sites is 1. The van der Waals surface area contributed by atoms with Crippen molar-refractivity contribution in [3.8, 4) is 0 Å². The van der Waals surface area contributed by atoms with Gasteiger partial charge in [0.1, 0.15) is 24.4 Å². The van der Waals surface area contributed by atoms with Crippen LogP contribution in [0.25, 0.3) is 10.9 Å². The van der Waals surface area contributed by atoms with Gasteiger partial charge < -0.3 is 29.9 Å². The quantitative estimate of drug-likeness (QED) is 0.490. The van der Waals surface area contributed by atoms with Crippen LogP contribution >= 0.6 is 0 Å². The minimum atomic E-state index is -1.28. The molecule has 0 spiro atoms. The number of aliphatic hydroxyl groups is 3. The van der Waals surface area contributed by atoms with Crippen molar-refractivity contribution in [3.05, 3.63) is 71.4 Å². The third-order valence-corrected chi connectivity index (χ3v) is 6.61. The first kappa shape index (κ1) is 20.7. The molecule has 3 aromatic rings. The lowest BCUT2D eigenvalue weighted by molar-refractivity contribution is -0.242. The molecule has 0 unspecified atom stereocenters. The van der Waals surface area contributed by atoms with Gasteiger partial charge in [0.2, 0.25) is 0 Å². The lowest BCUT2D eigenvalue weighted by atomic mass is 9.97. The summed E-state index contributed by atoms with van der Waals surface area (Å²) in [4.78, 5) is 0. The van der Waals surface area contributed by atoms with Crippen molar-refractivity contribution in [1.82, 2.24) is 9.88 Å². The Balaban J connectivity index is 1.48. The zero-order valence-electron chi connectivity index (χ0n) is 17.7. The Hall–Kier alpha value is -2.22. The van der Waals surface area contributed by atoms with E-state index in [2.05, 4.69) is 35.6 Å². The van der Waals surface area contributed by atoms with Crippen molar-refractivity contribution in [1.29, 1.82) is 0 Å². The molecule has 6 heteroatoms. The highest BCUT2D eigenvalue weighted by atomic mass is 16.5. The molecule has 0 bridgehead atoms. The molecule has 5 rings (SSSR count). The maximum Gasteiger partial charge on any atom is 0.163 e. The summed E-state index contributed by atoms with van der Waals surface area (Å²) in [7, 11) is 1.76. The minimum Gasteiger partial charge on any atom is -0.388 e. The lowest BCUT2D eigenvalue weighted by Crippen LogP contribution is -2.57. The summed E-state index contributed by atoms with van der Waals surface area (Å²) in [5, 5.41) is 35.5. The predicted octanol–water partition coefficient (Wildman–Crippen LogP) is 2.31. The molecule has 1 saturated heterocycles. The highest BCUT2D eigenvalue weighted by Gasteiger charge is 2.44. The van der Waals surface area contributed by atoms with Gasteiger partial charge in [-0.3, -0.25) is 0 Å². The van der Waals surface area contributed by atoms with Gasteiger partial charge >= 0.3 is 0 Å². The molecule has 6 nitrogen and oxygen atoms in total. The first-order valence-corrected chi connectivity index (χ1v) is 11.1. The normalized spacial score (nSPS) is 28.8. The second-order valence-electron chi connectivity index (χ2n) is 8.87. The first-order chi connectivity index (χ1) is 15.1. The maximum atomic E-state index is 10.7. The molecule has 2 fully saturated rings. The molecular weight excluding hydrogens is 392 g/mol. The molecule has 1 aliphatic carbocycles. The maximum absolute atomic E-state index is 10.7. The van der Waals surface area contributed by atoms with Gasteiger partial charge in [0.15, 0.2) is 6.23 Å². The topological polar surface area (TPSA) is 86.9 Å². The van der Waals surface area contributed by atoms with Gasteiger partial charge in [-0.25, -0.2) is 0 Å². The van der Waals surface area contributed by atoms with Crippen LogP contribution < -0.4 is 5.32 Å². The number of benzene rings is 2. The fraction of sp³-hybridized carbons (Fsp3) is 0.440. The number of aromatic nitrogens is 1. The van der Waals surface area contributed by atoms with Crippen molar-refractivity contribution < 1.29 is 20.1 Å². The second-order valence-corrected chi connectivity index (χ2v) is 8.87. The number of ether oxygens (including phenoxy) is 1. The molecule has 31 heavy (non-hydrogen) atoms. The summed E-state index contributed by atoms with van der Waals surface area (Å²) in [6.07, 6.45) is 0.310. The summed E-state index contributed by atoms with van der Waals surface area (Å²) in [6.45, 7) is 0.376. The molecule has 2 aromatic carbocycles. The van der Waals surface area contributed by atoms with E-state index in [1.807, 2.05) is 29.0 Å². The van der Waals surface area contributed by atoms with E-state index < -0.39 is 30.6 Å². The Morgan fingerprint density at radius 1 is 0.968 bits per heavy atom. The fourth-order valence-electron chi connectivity index (χ4n) is 4.70. The Morgan fingerprint density at radius 2 is 1.71 bits per heavy atom. The number of fused-ring (bicyclic) bond motifs is 1. The fourth-order valence-corrected chi connectivity index (χ4v) is 4.70. The lowest BCUT2D eigenvalue weighted by Gasteiger charge is -2.41. The van der Waals surface area contributed by atoms with Crippen LogP contribution in [0.2, 0.25) is 0 Å². The minimum absolute atomic E-state index is 0.376. The summed E-state index contributed by atoms with van der Waals surface area (Å²) in [5.41, 5.74) is 4.73. The number of hydrogen-bond donors (Lipinski definition) is 4. The van der Waals surface area contributed by atoms with E-state index in [4.69, 9.17) is 4.74 Å². The average molecular weight is 423 g/mol. The Labute approximate surface area is 182 Å². The highest BCUT2D eigenvalue weighted by Crippen LogP contribution is 2.40. The Morgan fingerprint density at radius 3 is 2.42 bits per heavy atom. The van der Waals surface area contributed by atoms with Crippen LogP contribution in [0.4, 0.5) is 0 Å². The highest BCUT2D eigenvalue weighted by molar-refractivity contribution is 5.84. The summed E-state index contributed by atoms with van der Waals surface area (Å²) >= 11 is 0.